The predicted octanol–water partition coefficient (Wildman–Crippen LogP) is 3.32. The van der Waals surface area contributed by atoms with Crippen LogP contribution in [0.2, 0.25) is 5.02 Å². The number of hydrogen-bond donors (Lipinski definition) is 2. The van der Waals surface area contributed by atoms with Crippen molar-refractivity contribution in [3.63, 3.8) is 0 Å². The summed E-state index contributed by atoms with van der Waals surface area (Å²) < 4.78 is 11.1. The Bertz CT molecular complexity index is 575. The summed E-state index contributed by atoms with van der Waals surface area (Å²) in [6.45, 7) is 1.95. The van der Waals surface area contributed by atoms with Gasteiger partial charge >= 0.3 is 0 Å². The fourth-order valence-corrected chi connectivity index (χ4v) is 2.32. The third kappa shape index (κ3) is 4.11. The Morgan fingerprint density at radius 2 is 1.81 bits per heavy atom. The lowest BCUT2D eigenvalue weighted by molar-refractivity contribution is 0.171. The van der Waals surface area contributed by atoms with Crippen LogP contribution < -0.4 is 20.7 Å². The second kappa shape index (κ2) is 7.31. The lowest BCUT2D eigenvalue weighted by Crippen LogP contribution is -2.38. The van der Waals surface area contributed by atoms with Crippen molar-refractivity contribution < 1.29 is 9.47 Å². The van der Waals surface area contributed by atoms with Crippen LogP contribution in [0.1, 0.15) is 18.5 Å². The normalized spacial score (nSPS) is 13.5. The van der Waals surface area contributed by atoms with Crippen molar-refractivity contribution >= 4 is 11.6 Å². The molecule has 0 amide bonds. The standard InChI is InChI=1S/C16H19ClN2O2/c1-11(21-15-5-3-4-13(17)10-15)16(19-18)12-6-8-14(20-2)9-7-12/h3-11,16,19H,18H2,1-2H3. The lowest BCUT2D eigenvalue weighted by atomic mass is 10.0. The van der Waals surface area contributed by atoms with E-state index >= 15 is 0 Å². The number of hydrogen-bond acceptors (Lipinski definition) is 4. The van der Waals surface area contributed by atoms with Gasteiger partial charge in [-0.25, -0.2) is 5.43 Å². The molecule has 0 heterocycles. The highest BCUT2D eigenvalue weighted by atomic mass is 35.5. The molecule has 2 unspecified atom stereocenters. The Labute approximate surface area is 129 Å². The zero-order valence-electron chi connectivity index (χ0n) is 12.0. The summed E-state index contributed by atoms with van der Waals surface area (Å²) in [6, 6.07) is 14.9. The Kier molecular flexibility index (Phi) is 5.44. The van der Waals surface area contributed by atoms with Crippen molar-refractivity contribution in [2.45, 2.75) is 19.1 Å². The van der Waals surface area contributed by atoms with Gasteiger partial charge in [0.25, 0.3) is 0 Å². The van der Waals surface area contributed by atoms with Crippen LogP contribution in [-0.4, -0.2) is 13.2 Å². The van der Waals surface area contributed by atoms with Crippen LogP contribution in [-0.2, 0) is 0 Å². The molecule has 2 aromatic carbocycles. The van der Waals surface area contributed by atoms with Crippen molar-refractivity contribution in [3.05, 3.63) is 59.1 Å². The SMILES string of the molecule is COc1ccc(C(NN)C(C)Oc2cccc(Cl)c2)cc1. The first-order valence-electron chi connectivity index (χ1n) is 6.66. The molecule has 0 radical (unpaired) electrons. The largest absolute Gasteiger partial charge is 0.497 e. The van der Waals surface area contributed by atoms with Crippen LogP contribution in [0.4, 0.5) is 0 Å². The van der Waals surface area contributed by atoms with E-state index in [1.54, 1.807) is 19.2 Å². The highest BCUT2D eigenvalue weighted by molar-refractivity contribution is 6.30. The zero-order valence-corrected chi connectivity index (χ0v) is 12.8. The second-order valence-electron chi connectivity index (χ2n) is 4.70. The van der Waals surface area contributed by atoms with Gasteiger partial charge in [-0.05, 0) is 42.8 Å². The molecular formula is C16H19ClN2O2. The number of hydrazine groups is 1. The maximum atomic E-state index is 5.96. The van der Waals surface area contributed by atoms with Crippen LogP contribution in [0.25, 0.3) is 0 Å². The molecule has 0 aliphatic carbocycles. The summed E-state index contributed by atoms with van der Waals surface area (Å²) in [5, 5.41) is 0.640. The molecule has 2 aromatic rings. The Morgan fingerprint density at radius 3 is 2.38 bits per heavy atom. The fraction of sp³-hybridized carbons (Fsp3) is 0.250. The van der Waals surface area contributed by atoms with Crippen molar-refractivity contribution in [1.82, 2.24) is 5.43 Å². The van der Waals surface area contributed by atoms with E-state index in [4.69, 9.17) is 26.9 Å². The summed E-state index contributed by atoms with van der Waals surface area (Å²) in [5.41, 5.74) is 3.81. The number of rotatable bonds is 6. The fourth-order valence-electron chi connectivity index (χ4n) is 2.14. The van der Waals surface area contributed by atoms with Crippen LogP contribution in [0, 0.1) is 0 Å². The average Bonchev–Trinajstić information content (AvgIpc) is 2.48. The van der Waals surface area contributed by atoms with Gasteiger partial charge in [-0.3, -0.25) is 5.84 Å². The first-order valence-corrected chi connectivity index (χ1v) is 7.04. The van der Waals surface area contributed by atoms with Crippen molar-refractivity contribution in [2.24, 2.45) is 5.84 Å². The first-order chi connectivity index (χ1) is 10.1. The summed E-state index contributed by atoms with van der Waals surface area (Å²) in [6.07, 6.45) is -0.165. The third-order valence-corrected chi connectivity index (χ3v) is 3.48. The van der Waals surface area contributed by atoms with E-state index in [0.717, 1.165) is 11.3 Å². The predicted molar refractivity (Wildman–Crippen MR) is 84.6 cm³/mol. The van der Waals surface area contributed by atoms with Gasteiger partial charge in [0.1, 0.15) is 17.6 Å². The number of nitrogens with two attached hydrogens (primary N) is 1. The molecule has 3 N–H and O–H groups in total. The molecule has 5 heteroatoms. The van der Waals surface area contributed by atoms with Crippen LogP contribution in [0.5, 0.6) is 11.5 Å². The van der Waals surface area contributed by atoms with Crippen LogP contribution >= 0.6 is 11.6 Å². The number of nitrogens with one attached hydrogen (secondary N) is 1. The van der Waals surface area contributed by atoms with E-state index in [1.807, 2.05) is 43.3 Å². The highest BCUT2D eigenvalue weighted by Crippen LogP contribution is 2.24. The van der Waals surface area contributed by atoms with Crippen molar-refractivity contribution in [2.75, 3.05) is 7.11 Å². The molecule has 0 saturated carbocycles. The Morgan fingerprint density at radius 1 is 1.10 bits per heavy atom. The van der Waals surface area contributed by atoms with Gasteiger partial charge in [0, 0.05) is 5.02 Å². The van der Waals surface area contributed by atoms with Gasteiger partial charge in [0.2, 0.25) is 0 Å². The monoisotopic (exact) mass is 306 g/mol. The summed E-state index contributed by atoms with van der Waals surface area (Å²) in [5.74, 6) is 7.19. The molecule has 0 aliphatic rings. The van der Waals surface area contributed by atoms with E-state index in [9.17, 15) is 0 Å². The Hall–Kier alpha value is -1.75. The van der Waals surface area contributed by atoms with Crippen molar-refractivity contribution in [3.8, 4) is 11.5 Å². The lowest BCUT2D eigenvalue weighted by Gasteiger charge is -2.25. The number of halogens is 1. The van der Waals surface area contributed by atoms with Gasteiger partial charge in [0.05, 0.1) is 13.2 Å². The molecule has 21 heavy (non-hydrogen) atoms. The van der Waals surface area contributed by atoms with E-state index in [2.05, 4.69) is 5.43 Å². The molecule has 0 aliphatic heterocycles. The summed E-state index contributed by atoms with van der Waals surface area (Å²) in [4.78, 5) is 0. The van der Waals surface area contributed by atoms with Gasteiger partial charge in [-0.15, -0.1) is 0 Å². The average molecular weight is 307 g/mol. The topological polar surface area (TPSA) is 56.5 Å². The molecule has 0 spiro atoms. The molecule has 0 aromatic heterocycles. The minimum atomic E-state index is -0.165. The zero-order chi connectivity index (χ0) is 15.2. The molecule has 2 atom stereocenters. The van der Waals surface area contributed by atoms with Crippen LogP contribution in [0.15, 0.2) is 48.5 Å². The molecular weight excluding hydrogens is 288 g/mol. The molecule has 0 fully saturated rings. The number of benzene rings is 2. The Balaban J connectivity index is 2.12. The highest BCUT2D eigenvalue weighted by Gasteiger charge is 2.19. The van der Waals surface area contributed by atoms with Crippen molar-refractivity contribution in [1.29, 1.82) is 0 Å². The van der Waals surface area contributed by atoms with Gasteiger partial charge in [0.15, 0.2) is 0 Å². The molecule has 0 bridgehead atoms. The minimum Gasteiger partial charge on any atom is -0.497 e. The number of methoxy groups -OCH3 is 1. The van der Waals surface area contributed by atoms with Gasteiger partial charge < -0.3 is 9.47 Å². The minimum absolute atomic E-state index is 0.144. The number of ether oxygens (including phenoxy) is 2. The molecule has 2 rings (SSSR count). The van der Waals surface area contributed by atoms with Crippen LogP contribution in [0.3, 0.4) is 0 Å². The van der Waals surface area contributed by atoms with Gasteiger partial charge in [-0.1, -0.05) is 29.8 Å². The van der Waals surface area contributed by atoms with E-state index in [0.29, 0.717) is 10.8 Å². The van der Waals surface area contributed by atoms with E-state index in [-0.39, 0.29) is 12.1 Å². The maximum Gasteiger partial charge on any atom is 0.121 e. The van der Waals surface area contributed by atoms with E-state index < -0.39 is 0 Å². The third-order valence-electron chi connectivity index (χ3n) is 3.24. The molecule has 0 saturated heterocycles. The maximum absolute atomic E-state index is 5.96. The van der Waals surface area contributed by atoms with Gasteiger partial charge in [-0.2, -0.15) is 0 Å². The first kappa shape index (κ1) is 15.6. The quantitative estimate of drug-likeness (QED) is 0.635. The second-order valence-corrected chi connectivity index (χ2v) is 5.13. The molecule has 4 nitrogen and oxygen atoms in total. The van der Waals surface area contributed by atoms with E-state index in [1.165, 1.54) is 0 Å². The summed E-state index contributed by atoms with van der Waals surface area (Å²) in [7, 11) is 1.64. The summed E-state index contributed by atoms with van der Waals surface area (Å²) >= 11 is 5.96. The smallest absolute Gasteiger partial charge is 0.121 e. The molecule has 112 valence electrons.